The molecule has 0 aliphatic heterocycles. The first kappa shape index (κ1) is 18.9. The van der Waals surface area contributed by atoms with Crippen molar-refractivity contribution in [1.29, 1.82) is 0 Å². The van der Waals surface area contributed by atoms with E-state index in [1.165, 1.54) is 18.2 Å². The molecule has 0 radical (unpaired) electrons. The Labute approximate surface area is 146 Å². The van der Waals surface area contributed by atoms with Crippen LogP contribution in [0.15, 0.2) is 43.0 Å². The molecule has 1 N–H and O–H groups in total. The Hall–Kier alpha value is -2.40. The zero-order chi connectivity index (χ0) is 18.2. The summed E-state index contributed by atoms with van der Waals surface area (Å²) in [5.41, 5.74) is 1.28. The van der Waals surface area contributed by atoms with Crippen molar-refractivity contribution in [2.45, 2.75) is 38.7 Å². The number of hydrogen-bond donors (Lipinski definition) is 1. The lowest BCUT2D eigenvalue weighted by atomic mass is 10.0. The number of aliphatic hydroxyl groups excluding tert-OH is 1. The minimum atomic E-state index is -0.921. The number of rotatable bonds is 8. The van der Waals surface area contributed by atoms with Crippen molar-refractivity contribution in [2.75, 3.05) is 0 Å². The van der Waals surface area contributed by atoms with Gasteiger partial charge in [0.2, 0.25) is 0 Å². The van der Waals surface area contributed by atoms with E-state index < -0.39 is 11.6 Å². The second-order valence-electron chi connectivity index (χ2n) is 5.92. The van der Waals surface area contributed by atoms with Gasteiger partial charge in [-0.3, -0.25) is 0 Å². The smallest absolute Gasteiger partial charge is 0.168 e. The molecule has 0 aliphatic carbocycles. The first-order valence-corrected chi connectivity index (χ1v) is 8.29. The summed E-state index contributed by atoms with van der Waals surface area (Å²) in [6.45, 7) is 5.29. The summed E-state index contributed by atoms with van der Waals surface area (Å²) < 4.78 is 28.2. The van der Waals surface area contributed by atoms with Gasteiger partial charge in [0.15, 0.2) is 11.6 Å². The fourth-order valence-corrected chi connectivity index (χ4v) is 2.41. The van der Waals surface area contributed by atoms with Crippen molar-refractivity contribution in [3.8, 4) is 11.3 Å². The van der Waals surface area contributed by atoms with Crippen LogP contribution in [0.1, 0.15) is 37.4 Å². The maximum Gasteiger partial charge on any atom is 0.168 e. The molecule has 1 aromatic carbocycles. The van der Waals surface area contributed by atoms with E-state index in [-0.39, 0.29) is 29.3 Å². The molecule has 3 nitrogen and oxygen atoms in total. The van der Waals surface area contributed by atoms with Crippen molar-refractivity contribution in [2.24, 2.45) is 0 Å². The van der Waals surface area contributed by atoms with Gasteiger partial charge < -0.3 is 5.11 Å². The molecule has 0 fully saturated rings. The quantitative estimate of drug-likeness (QED) is 0.557. The summed E-state index contributed by atoms with van der Waals surface area (Å²) in [5.74, 6) is -1.80. The van der Waals surface area contributed by atoms with Gasteiger partial charge in [-0.15, -0.1) is 11.7 Å². The molecule has 1 aromatic heterocycles. The van der Waals surface area contributed by atoms with Crippen molar-refractivity contribution < 1.29 is 13.9 Å². The van der Waals surface area contributed by atoms with E-state index >= 15 is 0 Å². The third-order valence-corrected chi connectivity index (χ3v) is 3.77. The molecule has 132 valence electrons. The van der Waals surface area contributed by atoms with Gasteiger partial charge in [0.1, 0.15) is 0 Å². The van der Waals surface area contributed by atoms with Crippen LogP contribution in [0.25, 0.3) is 17.3 Å². The zero-order valence-corrected chi connectivity index (χ0v) is 14.3. The van der Waals surface area contributed by atoms with E-state index in [9.17, 15) is 13.9 Å². The Balaban J connectivity index is 2.08. The highest BCUT2D eigenvalue weighted by molar-refractivity contribution is 5.61. The van der Waals surface area contributed by atoms with Crippen LogP contribution in [-0.4, -0.2) is 21.4 Å². The predicted octanol–water partition coefficient (Wildman–Crippen LogP) is 4.71. The highest BCUT2D eigenvalue weighted by atomic mass is 19.2. The maximum absolute atomic E-state index is 14.2. The molecular formula is C20H22F2N2O. The van der Waals surface area contributed by atoms with Crippen molar-refractivity contribution in [3.05, 3.63) is 65.9 Å². The molecule has 0 saturated heterocycles. The Bertz CT molecular complexity index is 740. The molecule has 1 unspecified atom stereocenters. The molecule has 1 atom stereocenters. The summed E-state index contributed by atoms with van der Waals surface area (Å²) in [6.07, 6.45) is 7.76. The number of hydrogen-bond acceptors (Lipinski definition) is 3. The van der Waals surface area contributed by atoms with Gasteiger partial charge in [-0.05, 0) is 62.4 Å². The van der Waals surface area contributed by atoms with Gasteiger partial charge in [-0.1, -0.05) is 18.2 Å². The first-order valence-electron chi connectivity index (χ1n) is 8.29. The minimum Gasteiger partial charge on any atom is -0.393 e. The molecule has 0 saturated carbocycles. The summed E-state index contributed by atoms with van der Waals surface area (Å²) in [5, 5.41) is 17.2. The van der Waals surface area contributed by atoms with E-state index in [0.29, 0.717) is 5.69 Å². The number of unbranched alkanes of at least 4 members (excludes halogenated alkanes) is 1. The monoisotopic (exact) mass is 344 g/mol. The predicted molar refractivity (Wildman–Crippen MR) is 95.9 cm³/mol. The summed E-state index contributed by atoms with van der Waals surface area (Å²) >= 11 is 0. The third kappa shape index (κ3) is 5.29. The van der Waals surface area contributed by atoms with Gasteiger partial charge in [0, 0.05) is 5.56 Å². The van der Waals surface area contributed by atoms with Gasteiger partial charge >= 0.3 is 0 Å². The number of halogens is 2. The van der Waals surface area contributed by atoms with Crippen LogP contribution in [0.3, 0.4) is 0 Å². The molecule has 2 aromatic rings. The fraction of sp³-hybridized carbons (Fsp3) is 0.300. The van der Waals surface area contributed by atoms with Crippen LogP contribution in [0.2, 0.25) is 0 Å². The lowest BCUT2D eigenvalue weighted by Crippen LogP contribution is -1.98. The number of aromatic nitrogens is 2. The van der Waals surface area contributed by atoms with Gasteiger partial charge in [-0.25, -0.2) is 8.78 Å². The lowest BCUT2D eigenvalue weighted by Gasteiger charge is -2.06. The Morgan fingerprint density at radius 3 is 2.60 bits per heavy atom. The van der Waals surface area contributed by atoms with E-state index in [4.69, 9.17) is 0 Å². The Morgan fingerprint density at radius 2 is 1.96 bits per heavy atom. The molecule has 1 heterocycles. The highest BCUT2D eigenvalue weighted by Gasteiger charge is 2.15. The van der Waals surface area contributed by atoms with Crippen molar-refractivity contribution in [3.63, 3.8) is 0 Å². The van der Waals surface area contributed by atoms with Crippen molar-refractivity contribution in [1.82, 2.24) is 10.2 Å². The van der Waals surface area contributed by atoms with E-state index in [1.54, 1.807) is 19.1 Å². The number of benzene rings is 1. The molecule has 0 aliphatic rings. The average Bonchev–Trinajstić information content (AvgIpc) is 2.59. The Kier molecular flexibility index (Phi) is 6.95. The first-order chi connectivity index (χ1) is 12.0. The average molecular weight is 344 g/mol. The molecule has 0 bridgehead atoms. The number of allylic oxidation sites excluding steroid dienone is 2. The molecule has 0 amide bonds. The highest BCUT2D eigenvalue weighted by Crippen LogP contribution is 2.25. The van der Waals surface area contributed by atoms with Gasteiger partial charge in [0.05, 0.1) is 17.5 Å². The molecule has 0 spiro atoms. The van der Waals surface area contributed by atoms with Crippen LogP contribution in [0.4, 0.5) is 8.78 Å². The maximum atomic E-state index is 14.2. The minimum absolute atomic E-state index is 0.0882. The molecular weight excluding hydrogens is 322 g/mol. The summed E-state index contributed by atoms with van der Waals surface area (Å²) in [6, 6.07) is 6.37. The molecule has 5 heteroatoms. The standard InChI is InChI=1S/C20H22F2N2O/c1-3-7-15-10-12-17(20(22)19(15)21)18-13-11-16(23-24-18)9-6-4-5-8-14(2)25/h3,6,9-14,25H,1,4-5,7-8H2,2H3/b9-6+. The van der Waals surface area contributed by atoms with Crippen LogP contribution in [0, 0.1) is 11.6 Å². The van der Waals surface area contributed by atoms with E-state index in [0.717, 1.165) is 19.3 Å². The fourth-order valence-electron chi connectivity index (χ4n) is 2.41. The summed E-state index contributed by atoms with van der Waals surface area (Å²) in [4.78, 5) is 0. The van der Waals surface area contributed by atoms with Crippen LogP contribution >= 0.6 is 0 Å². The largest absolute Gasteiger partial charge is 0.393 e. The van der Waals surface area contributed by atoms with Crippen LogP contribution in [0.5, 0.6) is 0 Å². The zero-order valence-electron chi connectivity index (χ0n) is 14.3. The number of aliphatic hydroxyl groups is 1. The van der Waals surface area contributed by atoms with Crippen molar-refractivity contribution >= 4 is 6.08 Å². The number of nitrogens with zero attached hydrogens (tertiary/aromatic N) is 2. The summed E-state index contributed by atoms with van der Waals surface area (Å²) in [7, 11) is 0. The van der Waals surface area contributed by atoms with Crippen LogP contribution < -0.4 is 0 Å². The lowest BCUT2D eigenvalue weighted by molar-refractivity contribution is 0.182. The van der Waals surface area contributed by atoms with Gasteiger partial charge in [-0.2, -0.15) is 5.10 Å². The van der Waals surface area contributed by atoms with Gasteiger partial charge in [0.25, 0.3) is 0 Å². The second kappa shape index (κ2) is 9.18. The third-order valence-electron chi connectivity index (χ3n) is 3.77. The van der Waals surface area contributed by atoms with E-state index in [1.807, 2.05) is 12.2 Å². The molecule has 25 heavy (non-hydrogen) atoms. The second-order valence-corrected chi connectivity index (χ2v) is 5.92. The molecule has 2 rings (SSSR count). The topological polar surface area (TPSA) is 46.0 Å². The SMILES string of the molecule is C=CCc1ccc(-c2ccc(/C=C/CCCC(C)O)nn2)c(F)c1F. The Morgan fingerprint density at radius 1 is 1.16 bits per heavy atom. The van der Waals surface area contributed by atoms with E-state index in [2.05, 4.69) is 16.8 Å². The normalized spacial score (nSPS) is 12.5. The van der Waals surface area contributed by atoms with Crippen LogP contribution in [-0.2, 0) is 6.42 Å².